The van der Waals surface area contributed by atoms with E-state index in [4.69, 9.17) is 0 Å². The van der Waals surface area contributed by atoms with Gasteiger partial charge in [-0.2, -0.15) is 0 Å². The molecule has 0 aliphatic carbocycles. The molecule has 0 aliphatic rings. The Labute approximate surface area is 83.1 Å². The lowest BCUT2D eigenvalue weighted by molar-refractivity contribution is 0.482. The molecule has 0 unspecified atom stereocenters. The number of rotatable bonds is 0. The Morgan fingerprint density at radius 2 is 1.73 bits per heavy atom. The van der Waals surface area contributed by atoms with Gasteiger partial charge in [0.05, 0.1) is 8.04 Å². The van der Waals surface area contributed by atoms with E-state index in [2.05, 4.69) is 15.9 Å². The van der Waals surface area contributed by atoms with Gasteiger partial charge in [0, 0.05) is 0 Å². The Bertz CT molecular complexity index is 274. The molecule has 0 amide bonds. The fourth-order valence-corrected chi connectivity index (χ4v) is 1.31. The van der Waals surface area contributed by atoms with Crippen LogP contribution in [0.25, 0.3) is 0 Å². The lowest BCUT2D eigenvalue weighted by atomic mass is 10.3. The predicted octanol–water partition coefficient (Wildman–Crippen LogP) is 3.47. The van der Waals surface area contributed by atoms with E-state index in [0.717, 1.165) is 6.07 Å². The molecule has 0 spiro atoms. The minimum atomic E-state index is -1.16. The SMILES string of the molecule is Fc1cc(Br)c(F)c(F)c1I. The molecular weight excluding hydrogens is 336 g/mol. The van der Waals surface area contributed by atoms with E-state index in [1.807, 2.05) is 0 Å². The summed E-state index contributed by atoms with van der Waals surface area (Å²) in [6.07, 6.45) is 0. The van der Waals surface area contributed by atoms with E-state index in [9.17, 15) is 13.2 Å². The van der Waals surface area contributed by atoms with Gasteiger partial charge in [-0.15, -0.1) is 0 Å². The van der Waals surface area contributed by atoms with Crippen LogP contribution in [0.1, 0.15) is 0 Å². The van der Waals surface area contributed by atoms with Crippen LogP contribution in [0.15, 0.2) is 10.5 Å². The molecule has 1 aromatic carbocycles. The zero-order valence-electron chi connectivity index (χ0n) is 4.97. The third-order valence-electron chi connectivity index (χ3n) is 1.06. The molecule has 0 aliphatic heterocycles. The molecular formula is C6HBrF3I. The van der Waals surface area contributed by atoms with Crippen LogP contribution in [0.3, 0.4) is 0 Å². The van der Waals surface area contributed by atoms with Crippen molar-refractivity contribution in [2.24, 2.45) is 0 Å². The standard InChI is InChI=1S/C6HBrF3I/c7-2-1-3(8)6(11)5(10)4(2)9/h1H. The van der Waals surface area contributed by atoms with Crippen LogP contribution in [0.2, 0.25) is 0 Å². The van der Waals surface area contributed by atoms with Crippen LogP contribution >= 0.6 is 38.5 Å². The minimum Gasteiger partial charge on any atom is -0.206 e. The van der Waals surface area contributed by atoms with Crippen molar-refractivity contribution in [2.45, 2.75) is 0 Å². The van der Waals surface area contributed by atoms with Gasteiger partial charge in [-0.25, -0.2) is 13.2 Å². The summed E-state index contributed by atoms with van der Waals surface area (Å²) in [5.74, 6) is -2.98. The van der Waals surface area contributed by atoms with Gasteiger partial charge in [-0.3, -0.25) is 0 Å². The monoisotopic (exact) mass is 336 g/mol. The summed E-state index contributed by atoms with van der Waals surface area (Å²) in [5, 5.41) is 0. The summed E-state index contributed by atoms with van der Waals surface area (Å²) in [6.45, 7) is 0. The number of halogens is 5. The highest BCUT2D eigenvalue weighted by molar-refractivity contribution is 14.1. The molecule has 0 saturated heterocycles. The van der Waals surface area contributed by atoms with Gasteiger partial charge in [0.1, 0.15) is 5.82 Å². The summed E-state index contributed by atoms with van der Waals surface area (Å²) >= 11 is 4.07. The number of benzene rings is 1. The topological polar surface area (TPSA) is 0 Å². The first-order valence-electron chi connectivity index (χ1n) is 2.52. The lowest BCUT2D eigenvalue weighted by Crippen LogP contribution is -1.94. The van der Waals surface area contributed by atoms with Gasteiger partial charge in [-0.1, -0.05) is 0 Å². The van der Waals surface area contributed by atoms with E-state index in [-0.39, 0.29) is 8.04 Å². The molecule has 0 saturated carbocycles. The molecule has 60 valence electrons. The lowest BCUT2D eigenvalue weighted by Gasteiger charge is -1.99. The third-order valence-corrected chi connectivity index (χ3v) is 2.62. The van der Waals surface area contributed by atoms with Crippen LogP contribution in [-0.4, -0.2) is 0 Å². The zero-order valence-corrected chi connectivity index (χ0v) is 8.71. The first kappa shape index (κ1) is 9.31. The van der Waals surface area contributed by atoms with Gasteiger partial charge in [0.25, 0.3) is 0 Å². The summed E-state index contributed by atoms with van der Waals surface area (Å²) in [4.78, 5) is 0. The maximum absolute atomic E-state index is 12.6. The second-order valence-electron chi connectivity index (χ2n) is 1.78. The molecule has 0 nitrogen and oxygen atoms in total. The van der Waals surface area contributed by atoms with E-state index in [0.29, 0.717) is 0 Å². The van der Waals surface area contributed by atoms with E-state index in [1.165, 1.54) is 22.6 Å². The minimum absolute atomic E-state index is 0.201. The highest BCUT2D eigenvalue weighted by Gasteiger charge is 2.14. The molecule has 0 N–H and O–H groups in total. The summed E-state index contributed by atoms with van der Waals surface area (Å²) in [7, 11) is 0. The predicted molar refractivity (Wildman–Crippen MR) is 46.7 cm³/mol. The Balaban J connectivity index is 3.46. The first-order valence-corrected chi connectivity index (χ1v) is 4.39. The van der Waals surface area contributed by atoms with Gasteiger partial charge >= 0.3 is 0 Å². The molecule has 0 aromatic heterocycles. The van der Waals surface area contributed by atoms with Crippen LogP contribution in [0, 0.1) is 21.0 Å². The van der Waals surface area contributed by atoms with E-state index in [1.54, 1.807) is 0 Å². The maximum Gasteiger partial charge on any atom is 0.176 e. The molecule has 0 radical (unpaired) electrons. The van der Waals surface area contributed by atoms with Crippen LogP contribution < -0.4 is 0 Å². The third kappa shape index (κ3) is 1.69. The Hall–Kier alpha value is 0.220. The smallest absolute Gasteiger partial charge is 0.176 e. The van der Waals surface area contributed by atoms with E-state index >= 15 is 0 Å². The Morgan fingerprint density at radius 3 is 2.27 bits per heavy atom. The second-order valence-corrected chi connectivity index (χ2v) is 3.72. The molecule has 11 heavy (non-hydrogen) atoms. The molecule has 0 heterocycles. The van der Waals surface area contributed by atoms with Crippen molar-refractivity contribution < 1.29 is 13.2 Å². The largest absolute Gasteiger partial charge is 0.206 e. The fourth-order valence-electron chi connectivity index (χ4n) is 0.544. The quantitative estimate of drug-likeness (QED) is 0.386. The molecule has 0 bridgehead atoms. The van der Waals surface area contributed by atoms with Gasteiger partial charge in [-0.05, 0) is 44.6 Å². The van der Waals surface area contributed by atoms with Crippen molar-refractivity contribution in [3.8, 4) is 0 Å². The van der Waals surface area contributed by atoms with Crippen molar-refractivity contribution in [1.82, 2.24) is 0 Å². The summed E-state index contributed by atoms with van der Waals surface area (Å²) < 4.78 is 37.2. The normalized spacial score (nSPS) is 10.3. The van der Waals surface area contributed by atoms with Crippen molar-refractivity contribution in [3.05, 3.63) is 31.6 Å². The van der Waals surface area contributed by atoms with Crippen molar-refractivity contribution in [2.75, 3.05) is 0 Å². The average Bonchev–Trinajstić information content (AvgIpc) is 1.97. The molecule has 0 atom stereocenters. The molecule has 0 fully saturated rings. The van der Waals surface area contributed by atoms with Crippen molar-refractivity contribution in [3.63, 3.8) is 0 Å². The summed E-state index contributed by atoms with van der Waals surface area (Å²) in [5.41, 5.74) is 0. The number of hydrogen-bond acceptors (Lipinski definition) is 0. The zero-order chi connectivity index (χ0) is 8.59. The Morgan fingerprint density at radius 1 is 1.18 bits per heavy atom. The summed E-state index contributed by atoms with van der Waals surface area (Å²) in [6, 6.07) is 0.889. The Kier molecular flexibility index (Phi) is 2.79. The van der Waals surface area contributed by atoms with Crippen LogP contribution in [0.4, 0.5) is 13.2 Å². The highest BCUT2D eigenvalue weighted by atomic mass is 127. The first-order chi connectivity index (χ1) is 5.04. The van der Waals surface area contributed by atoms with E-state index < -0.39 is 17.5 Å². The maximum atomic E-state index is 12.6. The number of hydrogen-bond donors (Lipinski definition) is 0. The average molecular weight is 337 g/mol. The van der Waals surface area contributed by atoms with Crippen molar-refractivity contribution in [1.29, 1.82) is 0 Å². The molecule has 5 heteroatoms. The van der Waals surface area contributed by atoms with Crippen LogP contribution in [0.5, 0.6) is 0 Å². The fraction of sp³-hybridized carbons (Fsp3) is 0. The molecule has 1 aromatic rings. The van der Waals surface area contributed by atoms with Crippen molar-refractivity contribution >= 4 is 38.5 Å². The highest BCUT2D eigenvalue weighted by Crippen LogP contribution is 2.24. The second kappa shape index (κ2) is 3.30. The molecule has 1 rings (SSSR count). The van der Waals surface area contributed by atoms with Gasteiger partial charge < -0.3 is 0 Å². The van der Waals surface area contributed by atoms with Gasteiger partial charge in [0.15, 0.2) is 11.6 Å². The van der Waals surface area contributed by atoms with Gasteiger partial charge in [0.2, 0.25) is 0 Å². The van der Waals surface area contributed by atoms with Crippen LogP contribution in [-0.2, 0) is 0 Å².